The molecule has 1 aliphatic carbocycles. The van der Waals surface area contributed by atoms with E-state index in [-0.39, 0.29) is 29.2 Å². The molecule has 22 heavy (non-hydrogen) atoms. The number of carbonyl (C=O) groups is 1. The van der Waals surface area contributed by atoms with Crippen LogP contribution in [0.2, 0.25) is 10.0 Å². The number of nitrogens with two attached hydrogens (primary N) is 1. The fourth-order valence-electron chi connectivity index (χ4n) is 2.45. The first-order chi connectivity index (χ1) is 10.5. The number of nitrogen functional groups attached to an aromatic ring is 1. The average Bonchev–Trinajstić information content (AvgIpc) is 3.26. The number of hydrogen-bond donors (Lipinski definition) is 2. The van der Waals surface area contributed by atoms with Crippen LogP contribution >= 0.6 is 23.2 Å². The van der Waals surface area contributed by atoms with Crippen molar-refractivity contribution in [2.24, 2.45) is 5.92 Å². The predicted octanol–water partition coefficient (Wildman–Crippen LogP) is 4.46. The molecule has 1 aliphatic rings. The Morgan fingerprint density at radius 3 is 2.36 bits per heavy atom. The first-order valence-corrected chi connectivity index (χ1v) is 7.52. The van der Waals surface area contributed by atoms with Crippen molar-refractivity contribution < 1.29 is 9.18 Å². The van der Waals surface area contributed by atoms with E-state index in [1.54, 1.807) is 24.3 Å². The molecular formula is C16H13Cl2FN2O. The molecule has 0 heterocycles. The highest BCUT2D eigenvalue weighted by Crippen LogP contribution is 2.48. The second-order valence-electron chi connectivity index (χ2n) is 5.34. The zero-order valence-corrected chi connectivity index (χ0v) is 13.0. The third-order valence-corrected chi connectivity index (χ3v) is 4.40. The summed E-state index contributed by atoms with van der Waals surface area (Å²) in [7, 11) is 0. The Labute approximate surface area is 137 Å². The topological polar surface area (TPSA) is 55.1 Å². The molecule has 0 saturated heterocycles. The van der Waals surface area contributed by atoms with E-state index in [0.29, 0.717) is 15.7 Å². The molecule has 1 amide bonds. The minimum absolute atomic E-state index is 0.105. The highest BCUT2D eigenvalue weighted by Gasteiger charge is 2.43. The number of amides is 1. The maximum atomic E-state index is 12.9. The Hall–Kier alpha value is -1.78. The first kappa shape index (κ1) is 15.1. The van der Waals surface area contributed by atoms with Crippen LogP contribution in [0.1, 0.15) is 17.9 Å². The Bertz CT molecular complexity index is 710. The van der Waals surface area contributed by atoms with E-state index in [9.17, 15) is 9.18 Å². The van der Waals surface area contributed by atoms with Crippen LogP contribution in [0.4, 0.5) is 15.8 Å². The molecule has 1 fully saturated rings. The summed E-state index contributed by atoms with van der Waals surface area (Å²) in [6.07, 6.45) is 0.744. The summed E-state index contributed by atoms with van der Waals surface area (Å²) < 4.78 is 12.9. The lowest BCUT2D eigenvalue weighted by Crippen LogP contribution is -2.14. The Kier molecular flexibility index (Phi) is 3.98. The third-order valence-electron chi connectivity index (χ3n) is 3.77. The molecule has 2 aromatic rings. The van der Waals surface area contributed by atoms with E-state index in [4.69, 9.17) is 28.9 Å². The van der Waals surface area contributed by atoms with Gasteiger partial charge in [-0.05, 0) is 42.2 Å². The average molecular weight is 339 g/mol. The molecule has 1 saturated carbocycles. The second kappa shape index (κ2) is 5.78. The van der Waals surface area contributed by atoms with Gasteiger partial charge in [0.25, 0.3) is 0 Å². The quantitative estimate of drug-likeness (QED) is 0.812. The van der Waals surface area contributed by atoms with E-state index in [0.717, 1.165) is 12.0 Å². The number of anilines is 2. The molecule has 2 unspecified atom stereocenters. The van der Waals surface area contributed by atoms with Crippen LogP contribution in [0, 0.1) is 11.7 Å². The molecule has 0 radical (unpaired) electrons. The lowest BCUT2D eigenvalue weighted by molar-refractivity contribution is -0.117. The second-order valence-corrected chi connectivity index (χ2v) is 6.16. The number of carbonyl (C=O) groups excluding carboxylic acids is 1. The van der Waals surface area contributed by atoms with Crippen LogP contribution < -0.4 is 11.1 Å². The largest absolute Gasteiger partial charge is 0.396 e. The van der Waals surface area contributed by atoms with Gasteiger partial charge in [-0.1, -0.05) is 35.3 Å². The van der Waals surface area contributed by atoms with Crippen LogP contribution in [0.25, 0.3) is 0 Å². The van der Waals surface area contributed by atoms with Crippen molar-refractivity contribution in [3.63, 3.8) is 0 Å². The van der Waals surface area contributed by atoms with E-state index >= 15 is 0 Å². The van der Waals surface area contributed by atoms with Crippen LogP contribution in [-0.4, -0.2) is 5.91 Å². The van der Waals surface area contributed by atoms with Gasteiger partial charge in [-0.25, -0.2) is 4.39 Å². The highest BCUT2D eigenvalue weighted by molar-refractivity contribution is 6.39. The monoisotopic (exact) mass is 338 g/mol. The molecule has 0 aromatic heterocycles. The van der Waals surface area contributed by atoms with E-state index in [1.165, 1.54) is 12.1 Å². The molecule has 3 nitrogen and oxygen atoms in total. The normalized spacial score (nSPS) is 19.8. The van der Waals surface area contributed by atoms with Gasteiger partial charge in [-0.3, -0.25) is 4.79 Å². The number of rotatable bonds is 3. The van der Waals surface area contributed by atoms with Gasteiger partial charge < -0.3 is 11.1 Å². The van der Waals surface area contributed by atoms with Crippen molar-refractivity contribution in [2.75, 3.05) is 11.1 Å². The summed E-state index contributed by atoms with van der Waals surface area (Å²) in [4.78, 5) is 12.2. The summed E-state index contributed by atoms with van der Waals surface area (Å²) in [5.74, 6) is -0.385. The first-order valence-electron chi connectivity index (χ1n) is 6.76. The van der Waals surface area contributed by atoms with Crippen molar-refractivity contribution in [2.45, 2.75) is 12.3 Å². The van der Waals surface area contributed by atoms with Crippen molar-refractivity contribution in [3.8, 4) is 0 Å². The standard InChI is InChI=1S/C16H13Cl2FN2O/c17-13-5-10(6-14(18)15(13)20)21-16(22)12-7-11(12)8-1-3-9(19)4-2-8/h1-6,11-12H,7,20H2,(H,21,22). The highest BCUT2D eigenvalue weighted by atomic mass is 35.5. The molecule has 2 atom stereocenters. The van der Waals surface area contributed by atoms with Gasteiger partial charge >= 0.3 is 0 Å². The Morgan fingerprint density at radius 2 is 1.77 bits per heavy atom. The molecule has 0 aliphatic heterocycles. The van der Waals surface area contributed by atoms with Gasteiger partial charge in [0.15, 0.2) is 0 Å². The van der Waals surface area contributed by atoms with E-state index in [1.807, 2.05) is 0 Å². The van der Waals surface area contributed by atoms with Gasteiger partial charge in [0.1, 0.15) is 5.82 Å². The van der Waals surface area contributed by atoms with Crippen LogP contribution in [0.15, 0.2) is 36.4 Å². The van der Waals surface area contributed by atoms with Crippen LogP contribution in [0.3, 0.4) is 0 Å². The number of nitrogens with one attached hydrogen (secondary N) is 1. The molecule has 0 spiro atoms. The van der Waals surface area contributed by atoms with E-state index in [2.05, 4.69) is 5.32 Å². The Morgan fingerprint density at radius 1 is 1.18 bits per heavy atom. The maximum absolute atomic E-state index is 12.9. The molecule has 2 aromatic carbocycles. The summed E-state index contributed by atoms with van der Waals surface area (Å²) >= 11 is 11.9. The molecule has 0 bridgehead atoms. The summed E-state index contributed by atoms with van der Waals surface area (Å²) in [5.41, 5.74) is 7.43. The van der Waals surface area contributed by atoms with Crippen LogP contribution in [-0.2, 0) is 4.79 Å². The SMILES string of the molecule is Nc1c(Cl)cc(NC(=O)C2CC2c2ccc(F)cc2)cc1Cl. The van der Waals surface area contributed by atoms with Crippen LogP contribution in [0.5, 0.6) is 0 Å². The number of hydrogen-bond acceptors (Lipinski definition) is 2. The van der Waals surface area contributed by atoms with Gasteiger partial charge in [0.2, 0.25) is 5.91 Å². The molecule has 3 N–H and O–H groups in total. The number of halogens is 3. The molecule has 114 valence electrons. The third kappa shape index (κ3) is 3.03. The maximum Gasteiger partial charge on any atom is 0.228 e. The fraction of sp³-hybridized carbons (Fsp3) is 0.188. The van der Waals surface area contributed by atoms with Gasteiger partial charge in [0, 0.05) is 11.6 Å². The summed E-state index contributed by atoms with van der Waals surface area (Å²) in [6, 6.07) is 9.37. The smallest absolute Gasteiger partial charge is 0.228 e. The lowest BCUT2D eigenvalue weighted by atomic mass is 10.1. The minimum atomic E-state index is -0.281. The van der Waals surface area contributed by atoms with Gasteiger partial charge in [-0.2, -0.15) is 0 Å². The fourth-order valence-corrected chi connectivity index (χ4v) is 2.94. The zero-order valence-electron chi connectivity index (χ0n) is 11.4. The predicted molar refractivity (Wildman–Crippen MR) is 86.8 cm³/mol. The summed E-state index contributed by atoms with van der Waals surface area (Å²) in [6.45, 7) is 0. The number of benzene rings is 2. The van der Waals surface area contributed by atoms with Crippen molar-refractivity contribution in [1.82, 2.24) is 0 Å². The minimum Gasteiger partial charge on any atom is -0.396 e. The molecular weight excluding hydrogens is 326 g/mol. The van der Waals surface area contributed by atoms with E-state index < -0.39 is 0 Å². The summed E-state index contributed by atoms with van der Waals surface area (Å²) in [5, 5.41) is 3.39. The van der Waals surface area contributed by atoms with Crippen molar-refractivity contribution >= 4 is 40.5 Å². The van der Waals surface area contributed by atoms with Crippen molar-refractivity contribution in [1.29, 1.82) is 0 Å². The molecule has 6 heteroatoms. The van der Waals surface area contributed by atoms with Gasteiger partial charge in [-0.15, -0.1) is 0 Å². The van der Waals surface area contributed by atoms with Crippen molar-refractivity contribution in [3.05, 3.63) is 57.8 Å². The van der Waals surface area contributed by atoms with Gasteiger partial charge in [0.05, 0.1) is 15.7 Å². The lowest BCUT2D eigenvalue weighted by Gasteiger charge is -2.08. The Balaban J connectivity index is 1.68. The molecule has 3 rings (SSSR count). The zero-order chi connectivity index (χ0) is 15.9.